The van der Waals surface area contributed by atoms with Gasteiger partial charge in [-0.3, -0.25) is 4.79 Å². The minimum absolute atomic E-state index is 0.0618. The SMILES string of the molecule is O=C(CC1CC2CCC(C1)N2)NCCCS(=O)(=O)Cc1ccccc1. The quantitative estimate of drug-likeness (QED) is 0.692. The van der Waals surface area contributed by atoms with Crippen molar-refractivity contribution < 1.29 is 13.2 Å². The molecule has 2 bridgehead atoms. The molecule has 0 spiro atoms. The first-order valence-corrected chi connectivity index (χ1v) is 11.1. The Bertz CT molecular complexity index is 663. The van der Waals surface area contributed by atoms with Gasteiger partial charge in [-0.1, -0.05) is 30.3 Å². The Hall–Kier alpha value is -1.40. The molecule has 5 nitrogen and oxygen atoms in total. The average Bonchev–Trinajstić information content (AvgIpc) is 2.91. The fourth-order valence-electron chi connectivity index (χ4n) is 4.10. The van der Waals surface area contributed by atoms with Crippen LogP contribution in [-0.4, -0.2) is 38.7 Å². The summed E-state index contributed by atoms with van der Waals surface area (Å²) < 4.78 is 24.2. The first kappa shape index (κ1) is 18.4. The van der Waals surface area contributed by atoms with E-state index in [2.05, 4.69) is 10.6 Å². The van der Waals surface area contributed by atoms with E-state index < -0.39 is 9.84 Å². The van der Waals surface area contributed by atoms with E-state index >= 15 is 0 Å². The summed E-state index contributed by atoms with van der Waals surface area (Å²) in [5.41, 5.74) is 0.812. The summed E-state index contributed by atoms with van der Waals surface area (Å²) in [5, 5.41) is 6.48. The van der Waals surface area contributed by atoms with Crippen LogP contribution in [0, 0.1) is 5.92 Å². The lowest BCUT2D eigenvalue weighted by molar-refractivity contribution is -0.122. The van der Waals surface area contributed by atoms with Crippen LogP contribution in [0.5, 0.6) is 0 Å². The van der Waals surface area contributed by atoms with Gasteiger partial charge in [-0.05, 0) is 43.6 Å². The lowest BCUT2D eigenvalue weighted by Crippen LogP contribution is -2.39. The maximum Gasteiger partial charge on any atom is 0.220 e. The molecule has 2 unspecified atom stereocenters. The predicted molar refractivity (Wildman–Crippen MR) is 98.8 cm³/mol. The van der Waals surface area contributed by atoms with Gasteiger partial charge in [0.1, 0.15) is 0 Å². The molecule has 2 heterocycles. The van der Waals surface area contributed by atoms with E-state index in [4.69, 9.17) is 0 Å². The number of hydrogen-bond acceptors (Lipinski definition) is 4. The molecule has 3 rings (SSSR count). The summed E-state index contributed by atoms with van der Waals surface area (Å²) in [4.78, 5) is 12.1. The molecular formula is C19H28N2O3S. The standard InChI is InChI=1S/C19H28N2O3S/c22-19(13-16-11-17-7-8-18(12-16)21-17)20-9-4-10-25(23,24)14-15-5-2-1-3-6-15/h1-3,5-6,16-18,21H,4,7-14H2,(H,20,22). The van der Waals surface area contributed by atoms with E-state index in [9.17, 15) is 13.2 Å². The van der Waals surface area contributed by atoms with Crippen LogP contribution >= 0.6 is 0 Å². The number of carbonyl (C=O) groups excluding carboxylic acids is 1. The molecular weight excluding hydrogens is 336 g/mol. The number of nitrogens with one attached hydrogen (secondary N) is 2. The van der Waals surface area contributed by atoms with Crippen LogP contribution in [0.4, 0.5) is 0 Å². The summed E-state index contributed by atoms with van der Waals surface area (Å²) in [5.74, 6) is 0.714. The Morgan fingerprint density at radius 2 is 1.80 bits per heavy atom. The van der Waals surface area contributed by atoms with Crippen LogP contribution in [0.3, 0.4) is 0 Å². The number of sulfone groups is 1. The fraction of sp³-hybridized carbons (Fsp3) is 0.632. The van der Waals surface area contributed by atoms with Gasteiger partial charge < -0.3 is 10.6 Å². The number of benzene rings is 1. The maximum atomic E-state index is 12.1. The van der Waals surface area contributed by atoms with Gasteiger partial charge in [0.2, 0.25) is 5.91 Å². The Kier molecular flexibility index (Phi) is 6.12. The molecule has 0 radical (unpaired) electrons. The summed E-state index contributed by atoms with van der Waals surface area (Å²) in [6, 6.07) is 10.4. The largest absolute Gasteiger partial charge is 0.356 e. The zero-order valence-electron chi connectivity index (χ0n) is 14.6. The van der Waals surface area contributed by atoms with Crippen molar-refractivity contribution in [2.45, 2.75) is 56.4 Å². The minimum Gasteiger partial charge on any atom is -0.356 e. The number of amides is 1. The molecule has 6 heteroatoms. The summed E-state index contributed by atoms with van der Waals surface area (Å²) in [7, 11) is -3.13. The van der Waals surface area contributed by atoms with Gasteiger partial charge >= 0.3 is 0 Å². The van der Waals surface area contributed by atoms with Crippen molar-refractivity contribution in [3.05, 3.63) is 35.9 Å². The first-order valence-electron chi connectivity index (χ1n) is 9.27. The van der Waals surface area contributed by atoms with E-state index in [0.717, 1.165) is 18.4 Å². The van der Waals surface area contributed by atoms with E-state index in [-0.39, 0.29) is 17.4 Å². The molecule has 1 aromatic rings. The van der Waals surface area contributed by atoms with E-state index in [0.29, 0.717) is 37.4 Å². The van der Waals surface area contributed by atoms with Crippen LogP contribution < -0.4 is 10.6 Å². The van der Waals surface area contributed by atoms with Crippen molar-refractivity contribution in [1.82, 2.24) is 10.6 Å². The Morgan fingerprint density at radius 1 is 1.12 bits per heavy atom. The van der Waals surface area contributed by atoms with Crippen LogP contribution in [-0.2, 0) is 20.4 Å². The van der Waals surface area contributed by atoms with Gasteiger partial charge in [0.25, 0.3) is 0 Å². The molecule has 1 amide bonds. The van der Waals surface area contributed by atoms with Crippen molar-refractivity contribution >= 4 is 15.7 Å². The number of rotatable bonds is 8. The van der Waals surface area contributed by atoms with Gasteiger partial charge in [0.05, 0.1) is 11.5 Å². The summed E-state index contributed by atoms with van der Waals surface area (Å²) >= 11 is 0. The molecule has 2 N–H and O–H groups in total. The van der Waals surface area contributed by atoms with Crippen LogP contribution in [0.2, 0.25) is 0 Å². The average molecular weight is 365 g/mol. The van der Waals surface area contributed by atoms with Crippen molar-refractivity contribution in [2.24, 2.45) is 5.92 Å². The third-order valence-corrected chi connectivity index (χ3v) is 6.91. The van der Waals surface area contributed by atoms with Gasteiger partial charge in [0.15, 0.2) is 9.84 Å². The van der Waals surface area contributed by atoms with Crippen LogP contribution in [0.1, 0.15) is 44.1 Å². The predicted octanol–water partition coefficient (Wildman–Crippen LogP) is 2.03. The van der Waals surface area contributed by atoms with E-state index in [1.807, 2.05) is 30.3 Å². The third kappa shape index (κ3) is 5.82. The molecule has 0 aliphatic carbocycles. The van der Waals surface area contributed by atoms with Crippen molar-refractivity contribution in [1.29, 1.82) is 0 Å². The Balaban J connectivity index is 1.33. The number of piperidine rings is 1. The molecule has 25 heavy (non-hydrogen) atoms. The van der Waals surface area contributed by atoms with Crippen LogP contribution in [0.25, 0.3) is 0 Å². The molecule has 2 aliphatic heterocycles. The lowest BCUT2D eigenvalue weighted by Gasteiger charge is -2.28. The van der Waals surface area contributed by atoms with Crippen molar-refractivity contribution in [3.63, 3.8) is 0 Å². The van der Waals surface area contributed by atoms with Crippen molar-refractivity contribution in [3.8, 4) is 0 Å². The van der Waals surface area contributed by atoms with Crippen LogP contribution in [0.15, 0.2) is 30.3 Å². The molecule has 2 saturated heterocycles. The smallest absolute Gasteiger partial charge is 0.220 e. The summed E-state index contributed by atoms with van der Waals surface area (Å²) in [6.07, 6.45) is 5.71. The van der Waals surface area contributed by atoms with Gasteiger partial charge in [-0.2, -0.15) is 0 Å². The number of fused-ring (bicyclic) bond motifs is 2. The van der Waals surface area contributed by atoms with Gasteiger partial charge in [-0.25, -0.2) is 8.42 Å². The zero-order chi connectivity index (χ0) is 17.7. The highest BCUT2D eigenvalue weighted by atomic mass is 32.2. The second-order valence-electron chi connectivity index (χ2n) is 7.46. The number of carbonyl (C=O) groups is 1. The lowest BCUT2D eigenvalue weighted by atomic mass is 9.89. The molecule has 2 atom stereocenters. The monoisotopic (exact) mass is 364 g/mol. The second-order valence-corrected chi connectivity index (χ2v) is 9.64. The maximum absolute atomic E-state index is 12.1. The first-order chi connectivity index (χ1) is 12.0. The topological polar surface area (TPSA) is 75.3 Å². The highest BCUT2D eigenvalue weighted by molar-refractivity contribution is 7.90. The molecule has 138 valence electrons. The van der Waals surface area contributed by atoms with Gasteiger partial charge in [-0.15, -0.1) is 0 Å². The fourth-order valence-corrected chi connectivity index (χ4v) is 5.53. The highest BCUT2D eigenvalue weighted by Crippen LogP contribution is 2.32. The Labute approximate surface area is 150 Å². The van der Waals surface area contributed by atoms with E-state index in [1.54, 1.807) is 0 Å². The molecule has 0 aromatic heterocycles. The highest BCUT2D eigenvalue weighted by Gasteiger charge is 2.34. The summed E-state index contributed by atoms with van der Waals surface area (Å²) in [6.45, 7) is 0.435. The molecule has 0 saturated carbocycles. The second kappa shape index (κ2) is 8.32. The molecule has 1 aromatic carbocycles. The van der Waals surface area contributed by atoms with Crippen molar-refractivity contribution in [2.75, 3.05) is 12.3 Å². The molecule has 2 fully saturated rings. The molecule has 2 aliphatic rings. The zero-order valence-corrected chi connectivity index (χ0v) is 15.4. The minimum atomic E-state index is -3.13. The third-order valence-electron chi connectivity index (χ3n) is 5.23. The number of hydrogen-bond donors (Lipinski definition) is 2. The normalized spacial score (nSPS) is 25.7. The van der Waals surface area contributed by atoms with Gasteiger partial charge in [0, 0.05) is 25.0 Å². The van der Waals surface area contributed by atoms with E-state index in [1.165, 1.54) is 12.8 Å². The Morgan fingerprint density at radius 3 is 2.48 bits per heavy atom.